The molecule has 0 unspecified atom stereocenters. The molecular weight excluding hydrogens is 246 g/mol. The van der Waals surface area contributed by atoms with Gasteiger partial charge in [0.15, 0.2) is 0 Å². The summed E-state index contributed by atoms with van der Waals surface area (Å²) in [5.41, 5.74) is 6.66. The molecule has 2 N–H and O–H groups in total. The van der Waals surface area contributed by atoms with Crippen LogP contribution in [0.2, 0.25) is 0 Å². The fourth-order valence-electron chi connectivity index (χ4n) is 0.883. The lowest BCUT2D eigenvalue weighted by Crippen LogP contribution is -1.94. The molecule has 0 aromatic heterocycles. The van der Waals surface area contributed by atoms with Crippen molar-refractivity contribution in [2.75, 3.05) is 5.75 Å². The monoisotopic (exact) mass is 257 g/mol. The highest BCUT2D eigenvalue weighted by molar-refractivity contribution is 9.11. The third-order valence-corrected chi connectivity index (χ3v) is 3.30. The van der Waals surface area contributed by atoms with E-state index < -0.39 is 0 Å². The molecule has 1 aromatic carbocycles. The number of nitrogens with two attached hydrogens (primary N) is 1. The average molecular weight is 258 g/mol. The third kappa shape index (κ3) is 3.98. The van der Waals surface area contributed by atoms with Crippen LogP contribution in [0.15, 0.2) is 40.2 Å². The zero-order chi connectivity index (χ0) is 9.68. The van der Waals surface area contributed by atoms with Crippen LogP contribution in [0, 0.1) is 0 Å². The smallest absolute Gasteiger partial charge is 0.0292 e. The fraction of sp³-hybridized carbons (Fsp3) is 0.200. The summed E-state index contributed by atoms with van der Waals surface area (Å²) in [5.74, 6) is 0.905. The van der Waals surface area contributed by atoms with E-state index in [1.54, 1.807) is 11.8 Å². The van der Waals surface area contributed by atoms with Gasteiger partial charge in [-0.05, 0) is 22.2 Å². The van der Waals surface area contributed by atoms with Crippen molar-refractivity contribution in [2.24, 2.45) is 5.73 Å². The van der Waals surface area contributed by atoms with Crippen LogP contribution >= 0.6 is 27.7 Å². The van der Waals surface area contributed by atoms with Gasteiger partial charge in [0.1, 0.15) is 0 Å². The standard InChI is InChI=1S/C10H12BrNS/c1-8(11)7-13-10-4-2-9(6-12)3-5-10/h2-5H,1,6-7,12H2. The number of benzene rings is 1. The largest absolute Gasteiger partial charge is 0.326 e. The van der Waals surface area contributed by atoms with E-state index in [2.05, 4.69) is 46.8 Å². The van der Waals surface area contributed by atoms with E-state index in [1.165, 1.54) is 10.5 Å². The van der Waals surface area contributed by atoms with Crippen LogP contribution in [-0.2, 0) is 6.54 Å². The van der Waals surface area contributed by atoms with Crippen molar-refractivity contribution in [3.8, 4) is 0 Å². The maximum atomic E-state index is 5.49. The summed E-state index contributed by atoms with van der Waals surface area (Å²) >= 11 is 5.09. The van der Waals surface area contributed by atoms with E-state index in [9.17, 15) is 0 Å². The van der Waals surface area contributed by atoms with Crippen molar-refractivity contribution in [1.29, 1.82) is 0 Å². The van der Waals surface area contributed by atoms with Crippen LogP contribution in [0.5, 0.6) is 0 Å². The minimum atomic E-state index is 0.607. The molecule has 0 saturated heterocycles. The highest BCUT2D eigenvalue weighted by Crippen LogP contribution is 2.22. The first-order chi connectivity index (χ1) is 6.22. The molecular formula is C10H12BrNS. The molecule has 0 aliphatic heterocycles. The number of hydrogen-bond acceptors (Lipinski definition) is 2. The highest BCUT2D eigenvalue weighted by atomic mass is 79.9. The molecule has 1 aromatic rings. The van der Waals surface area contributed by atoms with Crippen LogP contribution in [0.4, 0.5) is 0 Å². The van der Waals surface area contributed by atoms with Gasteiger partial charge >= 0.3 is 0 Å². The zero-order valence-corrected chi connectivity index (χ0v) is 9.70. The molecule has 0 atom stereocenters. The van der Waals surface area contributed by atoms with Gasteiger partial charge in [-0.25, -0.2) is 0 Å². The lowest BCUT2D eigenvalue weighted by molar-refractivity contribution is 1.07. The minimum absolute atomic E-state index is 0.607. The van der Waals surface area contributed by atoms with Crippen LogP contribution in [0.1, 0.15) is 5.56 Å². The van der Waals surface area contributed by atoms with Crippen LogP contribution < -0.4 is 5.73 Å². The Bertz CT molecular complexity index is 281. The van der Waals surface area contributed by atoms with Crippen molar-refractivity contribution in [3.05, 3.63) is 40.9 Å². The Kier molecular flexibility index (Phi) is 4.56. The van der Waals surface area contributed by atoms with Gasteiger partial charge < -0.3 is 5.73 Å². The molecule has 0 fully saturated rings. The first-order valence-corrected chi connectivity index (χ1v) is 5.75. The van der Waals surface area contributed by atoms with E-state index in [4.69, 9.17) is 5.73 Å². The van der Waals surface area contributed by atoms with Gasteiger partial charge in [0.25, 0.3) is 0 Å². The summed E-state index contributed by atoms with van der Waals surface area (Å²) in [6.45, 7) is 4.39. The van der Waals surface area contributed by atoms with Crippen molar-refractivity contribution >= 4 is 27.7 Å². The lowest BCUT2D eigenvalue weighted by atomic mass is 10.2. The van der Waals surface area contributed by atoms with Crippen molar-refractivity contribution in [3.63, 3.8) is 0 Å². The van der Waals surface area contributed by atoms with Gasteiger partial charge in [-0.3, -0.25) is 0 Å². The fourth-order valence-corrected chi connectivity index (χ4v) is 1.88. The van der Waals surface area contributed by atoms with Crippen molar-refractivity contribution in [2.45, 2.75) is 11.4 Å². The van der Waals surface area contributed by atoms with Crippen LogP contribution in [-0.4, -0.2) is 5.75 Å². The lowest BCUT2D eigenvalue weighted by Gasteiger charge is -2.01. The third-order valence-electron chi connectivity index (χ3n) is 1.55. The Balaban J connectivity index is 2.54. The Morgan fingerprint density at radius 2 is 2.00 bits per heavy atom. The van der Waals surface area contributed by atoms with Crippen LogP contribution in [0.3, 0.4) is 0 Å². The van der Waals surface area contributed by atoms with Gasteiger partial charge in [0.2, 0.25) is 0 Å². The summed E-state index contributed by atoms with van der Waals surface area (Å²) in [7, 11) is 0. The number of rotatable bonds is 4. The molecule has 1 nitrogen and oxygen atoms in total. The second kappa shape index (κ2) is 5.47. The molecule has 0 radical (unpaired) electrons. The van der Waals surface area contributed by atoms with E-state index in [0.29, 0.717) is 6.54 Å². The molecule has 13 heavy (non-hydrogen) atoms. The SMILES string of the molecule is C=C(Br)CSc1ccc(CN)cc1. The Morgan fingerprint density at radius 3 is 2.46 bits per heavy atom. The molecule has 3 heteroatoms. The summed E-state index contributed by atoms with van der Waals surface area (Å²) in [5, 5.41) is 0. The van der Waals surface area contributed by atoms with Crippen molar-refractivity contribution in [1.82, 2.24) is 0 Å². The average Bonchev–Trinajstić information content (AvgIpc) is 2.15. The number of halogens is 1. The Labute approximate surface area is 91.5 Å². The second-order valence-electron chi connectivity index (χ2n) is 2.65. The Morgan fingerprint density at radius 1 is 1.38 bits per heavy atom. The summed E-state index contributed by atoms with van der Waals surface area (Å²) in [4.78, 5) is 1.25. The highest BCUT2D eigenvalue weighted by Gasteiger charge is 1.94. The predicted molar refractivity (Wildman–Crippen MR) is 63.1 cm³/mol. The molecule has 70 valence electrons. The number of hydrogen-bond donors (Lipinski definition) is 1. The normalized spacial score (nSPS) is 10.0. The first kappa shape index (κ1) is 10.8. The van der Waals surface area contributed by atoms with E-state index >= 15 is 0 Å². The summed E-state index contributed by atoms with van der Waals surface area (Å²) < 4.78 is 1.01. The summed E-state index contributed by atoms with van der Waals surface area (Å²) in [6.07, 6.45) is 0. The van der Waals surface area contributed by atoms with E-state index in [-0.39, 0.29) is 0 Å². The maximum Gasteiger partial charge on any atom is 0.0292 e. The molecule has 0 aliphatic rings. The molecule has 0 aliphatic carbocycles. The first-order valence-electron chi connectivity index (χ1n) is 3.97. The van der Waals surface area contributed by atoms with Gasteiger partial charge in [-0.1, -0.05) is 34.6 Å². The van der Waals surface area contributed by atoms with Crippen molar-refractivity contribution < 1.29 is 0 Å². The molecule has 0 bridgehead atoms. The predicted octanol–water partition coefficient (Wildman–Crippen LogP) is 3.15. The molecule has 0 amide bonds. The quantitative estimate of drug-likeness (QED) is 0.839. The van der Waals surface area contributed by atoms with Gasteiger partial charge in [-0.15, -0.1) is 11.8 Å². The summed E-state index contributed by atoms with van der Waals surface area (Å²) in [6, 6.07) is 8.28. The zero-order valence-electron chi connectivity index (χ0n) is 7.29. The van der Waals surface area contributed by atoms with E-state index in [1.807, 2.05) is 0 Å². The van der Waals surface area contributed by atoms with Gasteiger partial charge in [0.05, 0.1) is 0 Å². The van der Waals surface area contributed by atoms with Gasteiger partial charge in [0, 0.05) is 17.2 Å². The molecule has 1 rings (SSSR count). The molecule has 0 heterocycles. The minimum Gasteiger partial charge on any atom is -0.326 e. The molecule has 0 spiro atoms. The topological polar surface area (TPSA) is 26.0 Å². The Hall–Kier alpha value is -0.250. The van der Waals surface area contributed by atoms with Crippen LogP contribution in [0.25, 0.3) is 0 Å². The molecule has 0 saturated carbocycles. The maximum absolute atomic E-state index is 5.49. The van der Waals surface area contributed by atoms with E-state index in [0.717, 1.165) is 10.2 Å². The second-order valence-corrected chi connectivity index (χ2v) is 4.82. The van der Waals surface area contributed by atoms with Gasteiger partial charge in [-0.2, -0.15) is 0 Å². The number of thioether (sulfide) groups is 1.